The third-order valence-electron chi connectivity index (χ3n) is 4.51. The van der Waals surface area contributed by atoms with E-state index in [9.17, 15) is 8.42 Å². The van der Waals surface area contributed by atoms with Crippen molar-refractivity contribution in [2.75, 3.05) is 24.6 Å². The molecule has 2 aromatic carbocycles. The van der Waals surface area contributed by atoms with E-state index >= 15 is 0 Å². The van der Waals surface area contributed by atoms with Gasteiger partial charge in [0.25, 0.3) is 0 Å². The number of anilines is 1. The highest BCUT2D eigenvalue weighted by atomic mass is 32.2. The van der Waals surface area contributed by atoms with Crippen molar-refractivity contribution in [2.24, 2.45) is 0 Å². The minimum absolute atomic E-state index is 0.221. The summed E-state index contributed by atoms with van der Waals surface area (Å²) in [5.41, 5.74) is 1.42. The summed E-state index contributed by atoms with van der Waals surface area (Å²) < 4.78 is 32.3. The van der Waals surface area contributed by atoms with Gasteiger partial charge in [-0.05, 0) is 51.1 Å². The zero-order chi connectivity index (χ0) is 19.4. The Hall–Kier alpha value is -2.60. The van der Waals surface area contributed by atoms with Gasteiger partial charge in [-0.2, -0.15) is 0 Å². The zero-order valence-electron chi connectivity index (χ0n) is 15.8. The van der Waals surface area contributed by atoms with Crippen LogP contribution in [0, 0.1) is 0 Å². The number of hydrogen-bond acceptors (Lipinski definition) is 5. The van der Waals surface area contributed by atoms with Crippen LogP contribution in [0.2, 0.25) is 0 Å². The Labute approximate surface area is 160 Å². The average molecular weight is 385 g/mol. The number of rotatable bonds is 7. The molecule has 0 atom stereocenters. The number of ether oxygens (including phenoxy) is 1. The fraction of sp³-hybridized carbons (Fsp3) is 0.286. The van der Waals surface area contributed by atoms with E-state index in [2.05, 4.69) is 9.88 Å². The molecule has 3 aromatic rings. The van der Waals surface area contributed by atoms with E-state index in [0.29, 0.717) is 31.1 Å². The Morgan fingerprint density at radius 2 is 1.70 bits per heavy atom. The van der Waals surface area contributed by atoms with Gasteiger partial charge in [-0.15, -0.1) is 0 Å². The zero-order valence-corrected chi connectivity index (χ0v) is 16.7. The van der Waals surface area contributed by atoms with Gasteiger partial charge in [-0.3, -0.25) is 4.98 Å². The van der Waals surface area contributed by atoms with Gasteiger partial charge in [-0.25, -0.2) is 8.42 Å². The molecule has 3 rings (SSSR count). The molecular formula is C21H24N2O3S. The smallest absolute Gasteiger partial charge is 0.210 e. The quantitative estimate of drug-likeness (QED) is 0.607. The van der Waals surface area contributed by atoms with E-state index in [-0.39, 0.29) is 9.79 Å². The van der Waals surface area contributed by atoms with E-state index < -0.39 is 9.84 Å². The minimum Gasteiger partial charge on any atom is -0.494 e. The highest BCUT2D eigenvalue weighted by Crippen LogP contribution is 2.37. The lowest BCUT2D eigenvalue weighted by Crippen LogP contribution is -2.24. The standard InChI is InChI=1S/C21H24N2O3S/c1-4-23(5-2)21-18-14-16(26-6-3)12-13-19(18)22-15-20(21)27(24,25)17-10-8-7-9-11-17/h7-15H,4-6H2,1-3H3. The van der Waals surface area contributed by atoms with Crippen molar-refractivity contribution in [3.63, 3.8) is 0 Å². The van der Waals surface area contributed by atoms with E-state index in [0.717, 1.165) is 10.9 Å². The summed E-state index contributed by atoms with van der Waals surface area (Å²) in [6.07, 6.45) is 1.47. The molecule has 0 bridgehead atoms. The van der Waals surface area contributed by atoms with Gasteiger partial charge in [0.2, 0.25) is 9.84 Å². The van der Waals surface area contributed by atoms with Gasteiger partial charge < -0.3 is 9.64 Å². The second kappa shape index (κ2) is 7.96. The van der Waals surface area contributed by atoms with Crippen molar-refractivity contribution in [1.82, 2.24) is 4.98 Å². The Kier molecular flexibility index (Phi) is 5.65. The number of benzene rings is 2. The number of fused-ring (bicyclic) bond motifs is 1. The van der Waals surface area contributed by atoms with Crippen molar-refractivity contribution >= 4 is 26.4 Å². The fourth-order valence-corrected chi connectivity index (χ4v) is 4.64. The van der Waals surface area contributed by atoms with E-state index in [1.807, 2.05) is 39.0 Å². The molecule has 0 N–H and O–H groups in total. The normalized spacial score (nSPS) is 11.5. The van der Waals surface area contributed by atoms with Gasteiger partial charge in [-0.1, -0.05) is 18.2 Å². The van der Waals surface area contributed by atoms with E-state index in [1.54, 1.807) is 30.3 Å². The predicted octanol–water partition coefficient (Wildman–Crippen LogP) is 4.31. The first kappa shape index (κ1) is 19.2. The molecule has 0 unspecified atom stereocenters. The molecule has 1 aromatic heterocycles. The van der Waals surface area contributed by atoms with Crippen LogP contribution in [0.15, 0.2) is 64.5 Å². The first-order valence-electron chi connectivity index (χ1n) is 9.13. The molecule has 0 spiro atoms. The Morgan fingerprint density at radius 3 is 2.33 bits per heavy atom. The number of nitrogens with zero attached hydrogens (tertiary/aromatic N) is 2. The molecule has 0 saturated carbocycles. The average Bonchev–Trinajstić information content (AvgIpc) is 2.69. The molecule has 0 amide bonds. The van der Waals surface area contributed by atoms with Crippen LogP contribution in [-0.2, 0) is 9.84 Å². The van der Waals surface area contributed by atoms with Gasteiger partial charge in [0.15, 0.2) is 0 Å². The van der Waals surface area contributed by atoms with Crippen LogP contribution in [0.5, 0.6) is 5.75 Å². The Morgan fingerprint density at radius 1 is 1.00 bits per heavy atom. The monoisotopic (exact) mass is 384 g/mol. The van der Waals surface area contributed by atoms with Crippen LogP contribution >= 0.6 is 0 Å². The summed E-state index contributed by atoms with van der Waals surface area (Å²) in [5.74, 6) is 0.703. The van der Waals surface area contributed by atoms with Crippen molar-refractivity contribution in [3.8, 4) is 5.75 Å². The Bertz CT molecular complexity index is 1030. The summed E-state index contributed by atoms with van der Waals surface area (Å²) >= 11 is 0. The van der Waals surface area contributed by atoms with Crippen molar-refractivity contribution in [2.45, 2.75) is 30.6 Å². The van der Waals surface area contributed by atoms with Gasteiger partial charge in [0.1, 0.15) is 10.6 Å². The highest BCUT2D eigenvalue weighted by Gasteiger charge is 2.26. The van der Waals surface area contributed by atoms with Gasteiger partial charge >= 0.3 is 0 Å². The minimum atomic E-state index is -3.70. The predicted molar refractivity (Wildman–Crippen MR) is 108 cm³/mol. The molecule has 0 fully saturated rings. The molecule has 6 heteroatoms. The second-order valence-electron chi connectivity index (χ2n) is 6.07. The summed E-state index contributed by atoms with van der Waals surface area (Å²) in [6.45, 7) is 7.87. The van der Waals surface area contributed by atoms with Crippen molar-refractivity contribution in [1.29, 1.82) is 0 Å². The van der Waals surface area contributed by atoms with Crippen LogP contribution in [0.3, 0.4) is 0 Å². The lowest BCUT2D eigenvalue weighted by atomic mass is 10.1. The van der Waals surface area contributed by atoms with Gasteiger partial charge in [0, 0.05) is 24.7 Å². The van der Waals surface area contributed by atoms with Crippen LogP contribution in [-0.4, -0.2) is 33.1 Å². The molecule has 0 radical (unpaired) electrons. The molecule has 0 aliphatic rings. The number of sulfone groups is 1. The summed E-state index contributed by atoms with van der Waals surface area (Å²) in [6, 6.07) is 14.1. The van der Waals surface area contributed by atoms with Crippen LogP contribution < -0.4 is 9.64 Å². The molecule has 0 aliphatic carbocycles. The molecule has 0 aliphatic heterocycles. The first-order chi connectivity index (χ1) is 13.0. The topological polar surface area (TPSA) is 59.5 Å². The maximum absolute atomic E-state index is 13.3. The largest absolute Gasteiger partial charge is 0.494 e. The molecule has 1 heterocycles. The molecular weight excluding hydrogens is 360 g/mol. The number of aromatic nitrogens is 1. The van der Waals surface area contributed by atoms with E-state index in [1.165, 1.54) is 6.20 Å². The van der Waals surface area contributed by atoms with Crippen molar-refractivity contribution < 1.29 is 13.2 Å². The molecule has 5 nitrogen and oxygen atoms in total. The van der Waals surface area contributed by atoms with E-state index in [4.69, 9.17) is 4.74 Å². The van der Waals surface area contributed by atoms with Crippen LogP contribution in [0.1, 0.15) is 20.8 Å². The summed E-state index contributed by atoms with van der Waals surface area (Å²) in [4.78, 5) is 6.96. The molecule has 142 valence electrons. The maximum Gasteiger partial charge on any atom is 0.210 e. The lowest BCUT2D eigenvalue weighted by Gasteiger charge is -2.25. The second-order valence-corrected chi connectivity index (χ2v) is 7.99. The number of hydrogen-bond donors (Lipinski definition) is 0. The fourth-order valence-electron chi connectivity index (χ4n) is 3.19. The molecule has 27 heavy (non-hydrogen) atoms. The maximum atomic E-state index is 13.3. The number of pyridine rings is 1. The van der Waals surface area contributed by atoms with Crippen molar-refractivity contribution in [3.05, 3.63) is 54.7 Å². The first-order valence-corrected chi connectivity index (χ1v) is 10.6. The van der Waals surface area contributed by atoms with Gasteiger partial charge in [0.05, 0.1) is 22.7 Å². The lowest BCUT2D eigenvalue weighted by molar-refractivity contribution is 0.340. The Balaban J connectivity index is 2.33. The van der Waals surface area contributed by atoms with Crippen LogP contribution in [0.4, 0.5) is 5.69 Å². The third kappa shape index (κ3) is 3.62. The molecule has 0 saturated heterocycles. The third-order valence-corrected chi connectivity index (χ3v) is 6.28. The highest BCUT2D eigenvalue weighted by molar-refractivity contribution is 7.91. The van der Waals surface area contributed by atoms with Crippen LogP contribution in [0.25, 0.3) is 10.9 Å². The SMILES string of the molecule is CCOc1ccc2ncc(S(=O)(=O)c3ccccc3)c(N(CC)CC)c2c1. The summed E-state index contributed by atoms with van der Waals surface area (Å²) in [5, 5.41) is 0.779. The summed E-state index contributed by atoms with van der Waals surface area (Å²) in [7, 11) is -3.70.